The van der Waals surface area contributed by atoms with E-state index in [2.05, 4.69) is 38.0 Å². The third kappa shape index (κ3) is 2.67. The average molecular weight is 284 g/mol. The molecular weight excluding hydrogens is 272 g/mol. The maximum atomic E-state index is 3.54. The molecule has 1 atom stereocenters. The Bertz CT molecular complexity index is 260. The first-order valence-electron chi connectivity index (χ1n) is 4.05. The van der Waals surface area contributed by atoms with Gasteiger partial charge in [0.15, 0.2) is 0 Å². The molecule has 0 saturated carbocycles. The van der Waals surface area contributed by atoms with Crippen LogP contribution in [0.4, 0.5) is 0 Å². The Labute approximate surface area is 96.6 Å². The van der Waals surface area contributed by atoms with Gasteiger partial charge in [-0.15, -0.1) is 23.7 Å². The SMILES string of the molecule is Brc1ccsc1[C@@H]1CNCCN1.Cl. The molecule has 1 aromatic rings. The quantitative estimate of drug-likeness (QED) is 0.825. The van der Waals surface area contributed by atoms with E-state index >= 15 is 0 Å². The summed E-state index contributed by atoms with van der Waals surface area (Å²) in [6.07, 6.45) is 0. The number of rotatable bonds is 1. The zero-order chi connectivity index (χ0) is 8.39. The molecule has 0 unspecified atom stereocenters. The van der Waals surface area contributed by atoms with Gasteiger partial charge in [-0.1, -0.05) is 0 Å². The second kappa shape index (κ2) is 5.32. The van der Waals surface area contributed by atoms with Gasteiger partial charge in [0.25, 0.3) is 0 Å². The zero-order valence-corrected chi connectivity index (χ0v) is 10.3. The Balaban J connectivity index is 0.000000845. The predicted octanol–water partition coefficient (Wildman–Crippen LogP) is 2.17. The molecule has 0 amide bonds. The molecule has 1 aromatic heterocycles. The molecule has 1 aliphatic heterocycles. The van der Waals surface area contributed by atoms with Crippen molar-refractivity contribution in [3.63, 3.8) is 0 Å². The smallest absolute Gasteiger partial charge is 0.0553 e. The van der Waals surface area contributed by atoms with E-state index in [4.69, 9.17) is 0 Å². The lowest BCUT2D eigenvalue weighted by Gasteiger charge is -2.23. The van der Waals surface area contributed by atoms with E-state index in [0.717, 1.165) is 19.6 Å². The Morgan fingerprint density at radius 3 is 2.85 bits per heavy atom. The first-order chi connectivity index (χ1) is 5.88. The van der Waals surface area contributed by atoms with Gasteiger partial charge in [-0.25, -0.2) is 0 Å². The summed E-state index contributed by atoms with van der Waals surface area (Å²) >= 11 is 5.35. The van der Waals surface area contributed by atoms with E-state index in [1.807, 2.05) is 0 Å². The molecule has 2 heterocycles. The van der Waals surface area contributed by atoms with Crippen molar-refractivity contribution in [3.05, 3.63) is 20.8 Å². The number of piperazine rings is 1. The standard InChI is InChI=1S/C8H11BrN2S.ClH/c9-6-1-4-12-8(6)7-5-10-2-3-11-7;/h1,4,7,10-11H,2-3,5H2;1H/t7-;/m0./s1. The van der Waals surface area contributed by atoms with Crippen LogP contribution in [0.1, 0.15) is 10.9 Å². The molecule has 0 spiro atoms. The summed E-state index contributed by atoms with van der Waals surface area (Å²) in [6.45, 7) is 3.19. The monoisotopic (exact) mass is 282 g/mol. The van der Waals surface area contributed by atoms with Crippen molar-refractivity contribution in [2.45, 2.75) is 6.04 Å². The summed E-state index contributed by atoms with van der Waals surface area (Å²) in [7, 11) is 0. The van der Waals surface area contributed by atoms with Gasteiger partial charge in [-0.3, -0.25) is 0 Å². The van der Waals surface area contributed by atoms with Gasteiger partial charge in [-0.05, 0) is 27.4 Å². The van der Waals surface area contributed by atoms with Gasteiger partial charge in [-0.2, -0.15) is 0 Å². The fraction of sp³-hybridized carbons (Fsp3) is 0.500. The lowest BCUT2D eigenvalue weighted by molar-refractivity contribution is 0.434. The summed E-state index contributed by atoms with van der Waals surface area (Å²) in [5.74, 6) is 0. The zero-order valence-electron chi connectivity index (χ0n) is 7.05. The van der Waals surface area contributed by atoms with Crippen LogP contribution in [-0.4, -0.2) is 19.6 Å². The number of halogens is 2. The van der Waals surface area contributed by atoms with Gasteiger partial charge in [0.05, 0.1) is 6.04 Å². The molecule has 1 aliphatic rings. The third-order valence-corrected chi connectivity index (χ3v) is 3.99. The highest BCUT2D eigenvalue weighted by atomic mass is 79.9. The Kier molecular flexibility index (Phi) is 4.69. The van der Waals surface area contributed by atoms with E-state index in [0.29, 0.717) is 6.04 Å². The normalized spacial score (nSPS) is 22.4. The van der Waals surface area contributed by atoms with Gasteiger partial charge >= 0.3 is 0 Å². The molecule has 2 N–H and O–H groups in total. The van der Waals surface area contributed by atoms with Gasteiger partial charge < -0.3 is 10.6 Å². The van der Waals surface area contributed by atoms with E-state index in [9.17, 15) is 0 Å². The third-order valence-electron chi connectivity index (χ3n) is 2.00. The summed E-state index contributed by atoms with van der Waals surface area (Å²) in [5.41, 5.74) is 0. The number of thiophene rings is 1. The highest BCUT2D eigenvalue weighted by Gasteiger charge is 2.17. The van der Waals surface area contributed by atoms with Gasteiger partial charge in [0, 0.05) is 29.0 Å². The van der Waals surface area contributed by atoms with Crippen LogP contribution in [0.15, 0.2) is 15.9 Å². The second-order valence-electron chi connectivity index (χ2n) is 2.84. The molecule has 2 rings (SSSR count). The minimum atomic E-state index is 0. The van der Waals surface area contributed by atoms with Crippen molar-refractivity contribution in [2.75, 3.05) is 19.6 Å². The molecule has 13 heavy (non-hydrogen) atoms. The largest absolute Gasteiger partial charge is 0.314 e. The summed E-state index contributed by atoms with van der Waals surface area (Å²) in [6, 6.07) is 2.60. The van der Waals surface area contributed by atoms with Crippen LogP contribution in [0, 0.1) is 0 Å². The van der Waals surface area contributed by atoms with Crippen LogP contribution in [0.3, 0.4) is 0 Å². The van der Waals surface area contributed by atoms with Crippen LogP contribution in [0.25, 0.3) is 0 Å². The van der Waals surface area contributed by atoms with E-state index in [1.54, 1.807) is 11.3 Å². The molecule has 1 saturated heterocycles. The topological polar surface area (TPSA) is 24.1 Å². The first kappa shape index (κ1) is 11.5. The van der Waals surface area contributed by atoms with Gasteiger partial charge in [0.1, 0.15) is 0 Å². The molecule has 74 valence electrons. The lowest BCUT2D eigenvalue weighted by atomic mass is 10.2. The Morgan fingerprint density at radius 1 is 1.46 bits per heavy atom. The van der Waals surface area contributed by atoms with Crippen LogP contribution >= 0.6 is 39.7 Å². The van der Waals surface area contributed by atoms with Crippen molar-refractivity contribution in [1.29, 1.82) is 0 Å². The van der Waals surface area contributed by atoms with Crippen molar-refractivity contribution in [3.8, 4) is 0 Å². The van der Waals surface area contributed by atoms with Crippen molar-refractivity contribution < 1.29 is 0 Å². The summed E-state index contributed by atoms with van der Waals surface area (Å²) < 4.78 is 1.23. The van der Waals surface area contributed by atoms with E-state index in [1.165, 1.54) is 9.35 Å². The highest BCUT2D eigenvalue weighted by Crippen LogP contribution is 2.29. The van der Waals surface area contributed by atoms with Crippen LogP contribution < -0.4 is 10.6 Å². The van der Waals surface area contributed by atoms with Gasteiger partial charge in [0.2, 0.25) is 0 Å². The molecular formula is C8H12BrClN2S. The molecule has 5 heteroatoms. The fourth-order valence-corrected chi connectivity index (χ4v) is 3.12. The number of hydrogen-bond acceptors (Lipinski definition) is 3. The molecule has 0 aromatic carbocycles. The van der Waals surface area contributed by atoms with Crippen LogP contribution in [0.2, 0.25) is 0 Å². The van der Waals surface area contributed by atoms with E-state index < -0.39 is 0 Å². The minimum Gasteiger partial charge on any atom is -0.314 e. The van der Waals surface area contributed by atoms with Crippen LogP contribution in [-0.2, 0) is 0 Å². The van der Waals surface area contributed by atoms with Crippen molar-refractivity contribution in [1.82, 2.24) is 10.6 Å². The molecule has 0 bridgehead atoms. The Morgan fingerprint density at radius 2 is 2.31 bits per heavy atom. The fourth-order valence-electron chi connectivity index (χ4n) is 1.39. The number of nitrogens with one attached hydrogen (secondary N) is 2. The van der Waals surface area contributed by atoms with E-state index in [-0.39, 0.29) is 12.4 Å². The maximum absolute atomic E-state index is 3.54. The maximum Gasteiger partial charge on any atom is 0.0553 e. The molecule has 0 aliphatic carbocycles. The second-order valence-corrected chi connectivity index (χ2v) is 4.65. The highest BCUT2D eigenvalue weighted by molar-refractivity contribution is 9.10. The minimum absolute atomic E-state index is 0. The number of hydrogen-bond donors (Lipinski definition) is 2. The first-order valence-corrected chi connectivity index (χ1v) is 5.72. The lowest BCUT2D eigenvalue weighted by Crippen LogP contribution is -2.42. The summed E-state index contributed by atoms with van der Waals surface area (Å²) in [5, 5.41) is 8.97. The molecule has 2 nitrogen and oxygen atoms in total. The molecule has 0 radical (unpaired) electrons. The van der Waals surface area contributed by atoms with Crippen molar-refractivity contribution in [2.24, 2.45) is 0 Å². The molecule has 1 fully saturated rings. The van der Waals surface area contributed by atoms with Crippen LogP contribution in [0.5, 0.6) is 0 Å². The average Bonchev–Trinajstić information content (AvgIpc) is 2.53. The predicted molar refractivity (Wildman–Crippen MR) is 62.9 cm³/mol. The van der Waals surface area contributed by atoms with Crippen molar-refractivity contribution >= 4 is 39.7 Å². The summed E-state index contributed by atoms with van der Waals surface area (Å²) in [4.78, 5) is 1.40. The Hall–Kier alpha value is 0.390.